The van der Waals surface area contributed by atoms with Gasteiger partial charge < -0.3 is 10.4 Å². The van der Waals surface area contributed by atoms with Crippen LogP contribution < -0.4 is 5.32 Å². The smallest absolute Gasteiger partial charge is 0.256 e. The maximum atomic E-state index is 12.3. The van der Waals surface area contributed by atoms with Gasteiger partial charge >= 0.3 is 0 Å². The molecule has 0 heterocycles. The first-order valence-electron chi connectivity index (χ1n) is 7.29. The number of carbonyl (C=O) groups excluding carboxylic acids is 1. The van der Waals surface area contributed by atoms with Crippen molar-refractivity contribution in [1.29, 1.82) is 0 Å². The van der Waals surface area contributed by atoms with Crippen molar-refractivity contribution in [1.82, 2.24) is 5.32 Å². The number of carbonyl (C=O) groups is 1. The van der Waals surface area contributed by atoms with E-state index in [2.05, 4.69) is 10.3 Å². The molecule has 4 nitrogen and oxygen atoms in total. The molecule has 0 aliphatic carbocycles. The summed E-state index contributed by atoms with van der Waals surface area (Å²) in [5.41, 5.74) is 0.996. The molecule has 2 rings (SSSR count). The van der Waals surface area contributed by atoms with Gasteiger partial charge in [-0.3, -0.25) is 9.79 Å². The number of amides is 1. The number of hydrogen-bond acceptors (Lipinski definition) is 3. The van der Waals surface area contributed by atoms with Crippen LogP contribution in [0.1, 0.15) is 12.5 Å². The van der Waals surface area contributed by atoms with Gasteiger partial charge in [-0.2, -0.15) is 0 Å². The number of nitrogens with zero attached hydrogens (tertiary/aromatic N) is 1. The first kappa shape index (κ1) is 18.0. The van der Waals surface area contributed by atoms with Gasteiger partial charge in [-0.1, -0.05) is 35.3 Å². The lowest BCUT2D eigenvalue weighted by Gasteiger charge is -2.08. The fraction of sp³-hybridized carbons (Fsp3) is 0.111. The summed E-state index contributed by atoms with van der Waals surface area (Å²) in [6.07, 6.45) is 1.31. The molecule has 0 aromatic heterocycles. The van der Waals surface area contributed by atoms with E-state index in [9.17, 15) is 9.90 Å². The van der Waals surface area contributed by atoms with E-state index in [1.807, 2.05) is 0 Å². The van der Waals surface area contributed by atoms with Gasteiger partial charge in [-0.15, -0.1) is 0 Å². The minimum absolute atomic E-state index is 0.0277. The van der Waals surface area contributed by atoms with Crippen molar-refractivity contribution in [3.8, 4) is 0 Å². The second kappa shape index (κ2) is 8.52. The summed E-state index contributed by atoms with van der Waals surface area (Å²) >= 11 is 11.9. The molecule has 2 N–H and O–H groups in total. The molecule has 0 spiro atoms. The monoisotopic (exact) mass is 362 g/mol. The Hall–Kier alpha value is -2.30. The van der Waals surface area contributed by atoms with Gasteiger partial charge in [0, 0.05) is 23.3 Å². The Morgan fingerprint density at radius 1 is 1.17 bits per heavy atom. The molecular formula is C18H16Cl2N2O2. The summed E-state index contributed by atoms with van der Waals surface area (Å²) in [6, 6.07) is 13.5. The van der Waals surface area contributed by atoms with E-state index >= 15 is 0 Å². The zero-order valence-corrected chi connectivity index (χ0v) is 14.5. The predicted molar refractivity (Wildman–Crippen MR) is 99.3 cm³/mol. The first-order chi connectivity index (χ1) is 11.5. The molecule has 2 aromatic rings. The number of hydrogen-bond donors (Lipinski definition) is 2. The average Bonchev–Trinajstić information content (AvgIpc) is 2.57. The summed E-state index contributed by atoms with van der Waals surface area (Å²) in [6.45, 7) is 2.21. The molecule has 6 heteroatoms. The number of aliphatic hydroxyl groups is 1. The van der Waals surface area contributed by atoms with Crippen LogP contribution >= 0.6 is 23.2 Å². The van der Waals surface area contributed by atoms with E-state index in [1.165, 1.54) is 6.21 Å². The minimum Gasteiger partial charge on any atom is -0.506 e. The first-order valence-corrected chi connectivity index (χ1v) is 8.04. The molecule has 0 atom stereocenters. The van der Waals surface area contributed by atoms with Crippen molar-refractivity contribution in [2.45, 2.75) is 6.92 Å². The molecule has 0 bridgehead atoms. The molecule has 124 valence electrons. The number of nitrogens with one attached hydrogen (secondary N) is 1. The highest BCUT2D eigenvalue weighted by Crippen LogP contribution is 2.24. The van der Waals surface area contributed by atoms with Gasteiger partial charge in [-0.05, 0) is 43.3 Å². The van der Waals surface area contributed by atoms with Gasteiger partial charge in [0.2, 0.25) is 0 Å². The Kier molecular flexibility index (Phi) is 6.41. The molecule has 0 saturated carbocycles. The van der Waals surface area contributed by atoms with Gasteiger partial charge in [-0.25, -0.2) is 0 Å². The van der Waals surface area contributed by atoms with Crippen LogP contribution in [-0.4, -0.2) is 23.8 Å². The molecule has 1 amide bonds. The Labute approximate surface area is 150 Å². The minimum atomic E-state index is -0.437. The highest BCUT2D eigenvalue weighted by atomic mass is 35.5. The Morgan fingerprint density at radius 3 is 2.46 bits per heavy atom. The van der Waals surface area contributed by atoms with Crippen molar-refractivity contribution in [2.75, 3.05) is 6.54 Å². The summed E-state index contributed by atoms with van der Waals surface area (Å²) in [7, 11) is 0. The van der Waals surface area contributed by atoms with Gasteiger partial charge in [0.05, 0.1) is 16.3 Å². The molecule has 0 radical (unpaired) electrons. The van der Waals surface area contributed by atoms with E-state index in [1.54, 1.807) is 55.5 Å². The fourth-order valence-corrected chi connectivity index (χ4v) is 2.30. The van der Waals surface area contributed by atoms with Crippen molar-refractivity contribution < 1.29 is 9.90 Å². The zero-order chi connectivity index (χ0) is 17.5. The number of benzene rings is 2. The molecule has 0 aliphatic rings. The third-order valence-electron chi connectivity index (χ3n) is 3.14. The maximum Gasteiger partial charge on any atom is 0.256 e. The number of halogens is 2. The highest BCUT2D eigenvalue weighted by molar-refractivity contribution is 6.33. The van der Waals surface area contributed by atoms with Gasteiger partial charge in [0.1, 0.15) is 5.76 Å². The summed E-state index contributed by atoms with van der Waals surface area (Å²) in [4.78, 5) is 16.5. The number of aliphatic imine (C=N–C) groups is 1. The van der Waals surface area contributed by atoms with Crippen LogP contribution in [0.25, 0.3) is 5.76 Å². The SMILES string of the molecule is CCNC(=O)C(C=Nc1ccc(Cl)cc1)=C(O)c1ccccc1Cl. The van der Waals surface area contributed by atoms with Crippen LogP contribution in [0, 0.1) is 0 Å². The topological polar surface area (TPSA) is 61.7 Å². The molecular weight excluding hydrogens is 347 g/mol. The van der Waals surface area contributed by atoms with E-state index in [0.29, 0.717) is 27.8 Å². The number of aliphatic hydroxyl groups excluding tert-OH is 1. The van der Waals surface area contributed by atoms with Crippen LogP contribution in [0.3, 0.4) is 0 Å². The Balaban J connectivity index is 2.44. The van der Waals surface area contributed by atoms with Crippen LogP contribution in [-0.2, 0) is 4.79 Å². The molecule has 0 aliphatic heterocycles. The lowest BCUT2D eigenvalue weighted by Crippen LogP contribution is -2.26. The molecule has 0 unspecified atom stereocenters. The Bertz CT molecular complexity index is 784. The van der Waals surface area contributed by atoms with Crippen LogP contribution in [0.4, 0.5) is 5.69 Å². The van der Waals surface area contributed by atoms with E-state index < -0.39 is 5.91 Å². The average molecular weight is 363 g/mol. The third kappa shape index (κ3) is 4.60. The third-order valence-corrected chi connectivity index (χ3v) is 3.72. The van der Waals surface area contributed by atoms with Crippen LogP contribution in [0.5, 0.6) is 0 Å². The summed E-state index contributed by atoms with van der Waals surface area (Å²) in [5.74, 6) is -0.670. The second-order valence-corrected chi connectivity index (χ2v) is 5.68. The largest absolute Gasteiger partial charge is 0.506 e. The lowest BCUT2D eigenvalue weighted by atomic mass is 10.1. The predicted octanol–water partition coefficient (Wildman–Crippen LogP) is 4.80. The quantitative estimate of drug-likeness (QED) is 0.455. The Morgan fingerprint density at radius 2 is 1.83 bits per heavy atom. The van der Waals surface area contributed by atoms with Crippen LogP contribution in [0.2, 0.25) is 10.0 Å². The fourth-order valence-electron chi connectivity index (χ4n) is 1.95. The number of rotatable bonds is 5. The maximum absolute atomic E-state index is 12.3. The summed E-state index contributed by atoms with van der Waals surface area (Å²) in [5, 5.41) is 14.1. The molecule has 0 saturated heterocycles. The van der Waals surface area contributed by atoms with Crippen molar-refractivity contribution in [2.24, 2.45) is 4.99 Å². The zero-order valence-electron chi connectivity index (χ0n) is 13.0. The van der Waals surface area contributed by atoms with E-state index in [4.69, 9.17) is 23.2 Å². The highest BCUT2D eigenvalue weighted by Gasteiger charge is 2.16. The van der Waals surface area contributed by atoms with Crippen molar-refractivity contribution in [3.05, 3.63) is 69.7 Å². The van der Waals surface area contributed by atoms with Crippen molar-refractivity contribution >= 4 is 46.8 Å². The van der Waals surface area contributed by atoms with Crippen molar-refractivity contribution in [3.63, 3.8) is 0 Å². The molecule has 0 fully saturated rings. The van der Waals surface area contributed by atoms with E-state index in [0.717, 1.165) is 0 Å². The lowest BCUT2D eigenvalue weighted by molar-refractivity contribution is -0.116. The van der Waals surface area contributed by atoms with Crippen LogP contribution in [0.15, 0.2) is 59.1 Å². The normalized spacial score (nSPS) is 12.1. The van der Waals surface area contributed by atoms with Gasteiger partial charge in [0.15, 0.2) is 0 Å². The second-order valence-electron chi connectivity index (χ2n) is 4.84. The molecule has 2 aromatic carbocycles. The standard InChI is InChI=1S/C18H16Cl2N2O2/c1-2-21-18(24)15(11-22-13-9-7-12(19)8-10-13)17(23)14-5-3-4-6-16(14)20/h3-11,23H,2H2,1H3,(H,21,24). The number of likely N-dealkylation sites (N-methyl/N-ethyl adjacent to an activating group) is 1. The summed E-state index contributed by atoms with van der Waals surface area (Å²) < 4.78 is 0. The van der Waals surface area contributed by atoms with Gasteiger partial charge in [0.25, 0.3) is 5.91 Å². The molecule has 24 heavy (non-hydrogen) atoms. The van der Waals surface area contributed by atoms with E-state index in [-0.39, 0.29) is 11.3 Å².